The van der Waals surface area contributed by atoms with E-state index in [1.807, 2.05) is 0 Å². The van der Waals surface area contributed by atoms with Gasteiger partial charge in [0.1, 0.15) is 5.01 Å². The molecule has 0 amide bonds. The molecule has 0 radical (unpaired) electrons. The largest absolute Gasteiger partial charge is 0.469 e. The maximum atomic E-state index is 11.5. The summed E-state index contributed by atoms with van der Waals surface area (Å²) in [6.45, 7) is 2.74. The molecule has 0 spiro atoms. The zero-order valence-electron chi connectivity index (χ0n) is 11.9. The summed E-state index contributed by atoms with van der Waals surface area (Å²) >= 11 is 3.40. The quantitative estimate of drug-likeness (QED) is 0.810. The lowest BCUT2D eigenvalue weighted by atomic mass is 9.97. The molecule has 0 bridgehead atoms. The summed E-state index contributed by atoms with van der Waals surface area (Å²) in [5.74, 6) is 0.00565. The smallest absolute Gasteiger partial charge is 0.308 e. The molecule has 6 heteroatoms. The molecule has 0 aliphatic carbocycles. The number of methoxy groups -OCH3 is 1. The van der Waals surface area contributed by atoms with Crippen LogP contribution in [0.4, 0.5) is 0 Å². The molecule has 1 fully saturated rings. The molecule has 0 atom stereocenters. The molecule has 0 aromatic carbocycles. The third kappa shape index (κ3) is 3.51. The van der Waals surface area contributed by atoms with Crippen molar-refractivity contribution in [2.45, 2.75) is 19.4 Å². The SMILES string of the molecule is COC(=O)C1CCN(Cc2csc(-c3ccsc3)n2)CC1. The van der Waals surface area contributed by atoms with Gasteiger partial charge in [-0.05, 0) is 37.4 Å². The van der Waals surface area contributed by atoms with Crippen LogP contribution in [0.3, 0.4) is 0 Å². The fourth-order valence-corrected chi connectivity index (χ4v) is 4.14. The molecule has 1 saturated heterocycles. The van der Waals surface area contributed by atoms with Crippen LogP contribution in [0, 0.1) is 5.92 Å². The summed E-state index contributed by atoms with van der Waals surface area (Å²) in [6.07, 6.45) is 1.77. The number of piperidine rings is 1. The van der Waals surface area contributed by atoms with E-state index >= 15 is 0 Å². The fourth-order valence-electron chi connectivity index (χ4n) is 2.62. The molecule has 3 rings (SSSR count). The van der Waals surface area contributed by atoms with E-state index in [9.17, 15) is 4.79 Å². The predicted octanol–water partition coefficient (Wildman–Crippen LogP) is 3.26. The molecule has 0 N–H and O–H groups in total. The highest BCUT2D eigenvalue weighted by Crippen LogP contribution is 2.27. The van der Waals surface area contributed by atoms with Gasteiger partial charge in [0.15, 0.2) is 0 Å². The highest BCUT2D eigenvalue weighted by Gasteiger charge is 2.25. The molecule has 1 aliphatic heterocycles. The highest BCUT2D eigenvalue weighted by atomic mass is 32.1. The first kappa shape index (κ1) is 14.7. The van der Waals surface area contributed by atoms with Crippen LogP contribution in [0.1, 0.15) is 18.5 Å². The number of esters is 1. The average Bonchev–Trinajstić information content (AvgIpc) is 3.18. The Morgan fingerprint density at radius 3 is 2.90 bits per heavy atom. The molecule has 0 unspecified atom stereocenters. The number of likely N-dealkylation sites (tertiary alicyclic amines) is 1. The Hall–Kier alpha value is -1.24. The molecule has 3 heterocycles. The molecular weight excluding hydrogens is 304 g/mol. The third-order valence-electron chi connectivity index (χ3n) is 3.83. The van der Waals surface area contributed by atoms with Crippen molar-refractivity contribution >= 4 is 28.6 Å². The first-order chi connectivity index (χ1) is 10.3. The number of thiophene rings is 1. The summed E-state index contributed by atoms with van der Waals surface area (Å²) in [4.78, 5) is 18.6. The van der Waals surface area contributed by atoms with E-state index < -0.39 is 0 Å². The van der Waals surface area contributed by atoms with Gasteiger partial charge in [-0.25, -0.2) is 4.98 Å². The molecule has 112 valence electrons. The Morgan fingerprint density at radius 1 is 1.43 bits per heavy atom. The monoisotopic (exact) mass is 322 g/mol. The van der Waals surface area contributed by atoms with Crippen LogP contribution in [-0.2, 0) is 16.1 Å². The van der Waals surface area contributed by atoms with Crippen molar-refractivity contribution in [3.05, 3.63) is 27.9 Å². The molecule has 4 nitrogen and oxygen atoms in total. The van der Waals surface area contributed by atoms with Gasteiger partial charge in [-0.2, -0.15) is 11.3 Å². The molecule has 1 aliphatic rings. The summed E-state index contributed by atoms with van der Waals surface area (Å²) in [6, 6.07) is 2.11. The predicted molar refractivity (Wildman–Crippen MR) is 85.4 cm³/mol. The van der Waals surface area contributed by atoms with E-state index in [1.54, 1.807) is 22.7 Å². The normalized spacial score (nSPS) is 17.0. The van der Waals surface area contributed by atoms with Gasteiger partial charge in [-0.15, -0.1) is 11.3 Å². The van der Waals surface area contributed by atoms with E-state index in [-0.39, 0.29) is 11.9 Å². The van der Waals surface area contributed by atoms with Gasteiger partial charge in [-0.3, -0.25) is 9.69 Å². The van der Waals surface area contributed by atoms with Crippen LogP contribution in [0.15, 0.2) is 22.2 Å². The van der Waals surface area contributed by atoms with Crippen molar-refractivity contribution in [1.29, 1.82) is 0 Å². The fraction of sp³-hybridized carbons (Fsp3) is 0.467. The zero-order chi connectivity index (χ0) is 14.7. The number of hydrogen-bond donors (Lipinski definition) is 0. The minimum Gasteiger partial charge on any atom is -0.469 e. The zero-order valence-corrected chi connectivity index (χ0v) is 13.6. The van der Waals surface area contributed by atoms with Crippen LogP contribution in [0.5, 0.6) is 0 Å². The Labute approximate surface area is 132 Å². The first-order valence-electron chi connectivity index (χ1n) is 7.03. The van der Waals surface area contributed by atoms with E-state index in [2.05, 4.69) is 27.1 Å². The number of hydrogen-bond acceptors (Lipinski definition) is 6. The molecule has 0 saturated carbocycles. The lowest BCUT2D eigenvalue weighted by Crippen LogP contribution is -2.36. The van der Waals surface area contributed by atoms with Crippen molar-refractivity contribution in [3.8, 4) is 10.6 Å². The van der Waals surface area contributed by atoms with Crippen molar-refractivity contribution in [2.75, 3.05) is 20.2 Å². The number of thiazole rings is 1. The summed E-state index contributed by atoms with van der Waals surface area (Å²) < 4.78 is 4.82. The highest BCUT2D eigenvalue weighted by molar-refractivity contribution is 7.14. The number of rotatable bonds is 4. The number of carbonyl (C=O) groups excluding carboxylic acids is 1. The van der Waals surface area contributed by atoms with Crippen LogP contribution in [0.2, 0.25) is 0 Å². The van der Waals surface area contributed by atoms with Crippen molar-refractivity contribution in [1.82, 2.24) is 9.88 Å². The average molecular weight is 322 g/mol. The Balaban J connectivity index is 1.55. The van der Waals surface area contributed by atoms with Crippen molar-refractivity contribution in [3.63, 3.8) is 0 Å². The van der Waals surface area contributed by atoms with E-state index in [4.69, 9.17) is 9.72 Å². The maximum Gasteiger partial charge on any atom is 0.308 e. The van der Waals surface area contributed by atoms with E-state index in [0.29, 0.717) is 0 Å². The molecular formula is C15H18N2O2S2. The van der Waals surface area contributed by atoms with E-state index in [1.165, 1.54) is 12.7 Å². The standard InChI is InChI=1S/C15H18N2O2S2/c1-19-15(18)11-2-5-17(6-3-11)8-13-10-21-14(16-13)12-4-7-20-9-12/h4,7,9-11H,2-3,5-6,8H2,1H3. The second-order valence-electron chi connectivity index (χ2n) is 5.23. The van der Waals surface area contributed by atoms with Crippen LogP contribution >= 0.6 is 22.7 Å². The first-order valence-corrected chi connectivity index (χ1v) is 8.85. The van der Waals surface area contributed by atoms with Gasteiger partial charge in [0, 0.05) is 22.9 Å². The minimum atomic E-state index is -0.0666. The number of ether oxygens (including phenoxy) is 1. The molecule has 21 heavy (non-hydrogen) atoms. The second kappa shape index (κ2) is 6.68. The topological polar surface area (TPSA) is 42.4 Å². The summed E-state index contributed by atoms with van der Waals surface area (Å²) in [5.41, 5.74) is 2.33. The summed E-state index contributed by atoms with van der Waals surface area (Å²) in [5, 5.41) is 7.44. The van der Waals surface area contributed by atoms with Gasteiger partial charge in [0.25, 0.3) is 0 Å². The Kier molecular flexibility index (Phi) is 4.67. The lowest BCUT2D eigenvalue weighted by molar-refractivity contribution is -0.147. The molecule has 2 aromatic rings. The lowest BCUT2D eigenvalue weighted by Gasteiger charge is -2.29. The van der Waals surface area contributed by atoms with Crippen LogP contribution < -0.4 is 0 Å². The van der Waals surface area contributed by atoms with Crippen molar-refractivity contribution in [2.24, 2.45) is 5.92 Å². The third-order valence-corrected chi connectivity index (χ3v) is 5.45. The summed E-state index contributed by atoms with van der Waals surface area (Å²) in [7, 11) is 1.47. The Bertz CT molecular complexity index is 587. The minimum absolute atomic E-state index is 0.0666. The van der Waals surface area contributed by atoms with Gasteiger partial charge >= 0.3 is 5.97 Å². The van der Waals surface area contributed by atoms with Crippen molar-refractivity contribution < 1.29 is 9.53 Å². The van der Waals surface area contributed by atoms with Gasteiger partial charge < -0.3 is 4.74 Å². The number of aromatic nitrogens is 1. The second-order valence-corrected chi connectivity index (χ2v) is 6.87. The van der Waals surface area contributed by atoms with Crippen LogP contribution in [0.25, 0.3) is 10.6 Å². The van der Waals surface area contributed by atoms with Crippen LogP contribution in [-0.4, -0.2) is 36.1 Å². The molecule has 2 aromatic heterocycles. The van der Waals surface area contributed by atoms with Gasteiger partial charge in [0.05, 0.1) is 18.7 Å². The maximum absolute atomic E-state index is 11.5. The Morgan fingerprint density at radius 2 is 2.24 bits per heavy atom. The van der Waals surface area contributed by atoms with E-state index in [0.717, 1.165) is 43.2 Å². The van der Waals surface area contributed by atoms with Gasteiger partial charge in [0.2, 0.25) is 0 Å². The number of nitrogens with zero attached hydrogens (tertiary/aromatic N) is 2. The van der Waals surface area contributed by atoms with Gasteiger partial charge in [-0.1, -0.05) is 0 Å². The number of carbonyl (C=O) groups is 1.